The second-order valence-electron chi connectivity index (χ2n) is 11.0. The van der Waals surface area contributed by atoms with E-state index in [1.54, 1.807) is 41.4 Å². The molecule has 0 saturated carbocycles. The van der Waals surface area contributed by atoms with Gasteiger partial charge >= 0.3 is 6.03 Å². The number of aromatic nitrogens is 2. The van der Waals surface area contributed by atoms with Crippen LogP contribution < -0.4 is 10.2 Å². The SMILES string of the molecule is C[C@@]1(Cc2ccc(Br)cc2)C(=O)N(c2cc(Cl)cc(Cl)c2)c2ncc(S(=O)(=O)N3CCN(C(=O)NCCc4cccs4)CC3)n21. The molecule has 2 aliphatic heterocycles. The van der Waals surface area contributed by atoms with Crippen LogP contribution in [0, 0.1) is 0 Å². The second kappa shape index (κ2) is 12.7. The summed E-state index contributed by atoms with van der Waals surface area (Å²) < 4.78 is 32.1. The summed E-state index contributed by atoms with van der Waals surface area (Å²) in [5.41, 5.74) is -0.130. The number of hydrogen-bond acceptors (Lipinski definition) is 6. The van der Waals surface area contributed by atoms with Gasteiger partial charge in [0.1, 0.15) is 5.54 Å². The molecule has 3 amide bonds. The lowest BCUT2D eigenvalue weighted by Gasteiger charge is -2.34. The third-order valence-corrected chi connectivity index (χ3v) is 11.8. The van der Waals surface area contributed by atoms with E-state index in [4.69, 9.17) is 23.2 Å². The largest absolute Gasteiger partial charge is 0.338 e. The van der Waals surface area contributed by atoms with Crippen LogP contribution in [-0.2, 0) is 33.2 Å². The van der Waals surface area contributed by atoms with Gasteiger partial charge < -0.3 is 10.2 Å². The molecule has 1 N–H and O–H groups in total. The molecule has 1 atom stereocenters. The summed E-state index contributed by atoms with van der Waals surface area (Å²) in [7, 11) is -4.12. The number of amides is 3. The van der Waals surface area contributed by atoms with Gasteiger partial charge in [-0.05, 0) is 60.7 Å². The second-order valence-corrected chi connectivity index (χ2v) is 15.7. The van der Waals surface area contributed by atoms with Crippen molar-refractivity contribution in [1.29, 1.82) is 0 Å². The Labute approximate surface area is 283 Å². The normalized spacial score (nSPS) is 18.8. The van der Waals surface area contributed by atoms with Crippen molar-refractivity contribution >= 4 is 84.1 Å². The van der Waals surface area contributed by atoms with E-state index in [9.17, 15) is 18.0 Å². The number of carbonyl (C=O) groups is 2. The standard InChI is InChI=1S/C30H29BrCl2N6O4S2/c1-30(18-20-4-6-21(31)7-5-20)27(40)38(24-16-22(32)15-23(33)17-24)28-35-19-26(39(28)30)45(42,43)37-12-10-36(11-13-37)29(41)34-9-8-25-3-2-14-44-25/h2-7,14-17,19H,8-13,18H2,1H3,(H,34,41)/t30-/m1/s1. The molecule has 1 fully saturated rings. The number of benzene rings is 2. The Morgan fingerprint density at radius 1 is 1.07 bits per heavy atom. The maximum atomic E-state index is 14.3. The maximum absolute atomic E-state index is 14.3. The summed E-state index contributed by atoms with van der Waals surface area (Å²) in [6, 6.07) is 16.0. The molecule has 1 saturated heterocycles. The number of sulfonamides is 1. The predicted molar refractivity (Wildman–Crippen MR) is 179 cm³/mol. The van der Waals surface area contributed by atoms with Gasteiger partial charge in [-0.15, -0.1) is 11.3 Å². The molecular weight excluding hydrogens is 723 g/mol. The minimum absolute atomic E-state index is 0.102. The number of thiophene rings is 1. The number of halogens is 3. The molecule has 6 rings (SSSR count). The monoisotopic (exact) mass is 750 g/mol. The van der Waals surface area contributed by atoms with Crippen LogP contribution in [0.2, 0.25) is 10.0 Å². The molecule has 2 aromatic carbocycles. The fourth-order valence-corrected chi connectivity index (χ4v) is 8.83. The van der Waals surface area contributed by atoms with Gasteiger partial charge in [-0.25, -0.2) is 23.1 Å². The molecule has 2 aliphatic rings. The van der Waals surface area contributed by atoms with Crippen molar-refractivity contribution in [2.45, 2.75) is 30.3 Å². The lowest BCUT2D eigenvalue weighted by Crippen LogP contribution is -2.53. The smallest absolute Gasteiger partial charge is 0.317 e. The molecule has 0 spiro atoms. The number of nitrogens with zero attached hydrogens (tertiary/aromatic N) is 5. The summed E-state index contributed by atoms with van der Waals surface area (Å²) in [6.07, 6.45) is 2.23. The first-order valence-corrected chi connectivity index (χ1v) is 18.0. The minimum Gasteiger partial charge on any atom is -0.338 e. The molecule has 10 nitrogen and oxygen atoms in total. The van der Waals surface area contributed by atoms with Crippen LogP contribution in [-0.4, -0.2) is 71.8 Å². The highest BCUT2D eigenvalue weighted by atomic mass is 79.9. The first-order valence-electron chi connectivity index (χ1n) is 14.2. The molecule has 15 heteroatoms. The van der Waals surface area contributed by atoms with E-state index in [1.807, 2.05) is 41.8 Å². The number of carbonyl (C=O) groups excluding carboxylic acids is 2. The number of hydrogen-bond donors (Lipinski definition) is 1. The van der Waals surface area contributed by atoms with Crippen LogP contribution >= 0.6 is 50.5 Å². The number of imidazole rings is 1. The Morgan fingerprint density at radius 3 is 2.40 bits per heavy atom. The zero-order valence-corrected chi connectivity index (χ0v) is 28.9. The lowest BCUT2D eigenvalue weighted by atomic mass is 9.92. The number of rotatable bonds is 8. The van der Waals surface area contributed by atoms with E-state index in [-0.39, 0.29) is 55.5 Å². The Morgan fingerprint density at radius 2 is 1.76 bits per heavy atom. The molecule has 236 valence electrons. The number of nitrogens with one attached hydrogen (secondary N) is 1. The summed E-state index contributed by atoms with van der Waals surface area (Å²) in [6.45, 7) is 2.88. The third kappa shape index (κ3) is 6.26. The Hall–Kier alpha value is -2.94. The highest BCUT2D eigenvalue weighted by Crippen LogP contribution is 2.45. The number of fused-ring (bicyclic) bond motifs is 1. The maximum Gasteiger partial charge on any atom is 0.317 e. The van der Waals surface area contributed by atoms with Crippen LogP contribution in [0.5, 0.6) is 0 Å². The summed E-state index contributed by atoms with van der Waals surface area (Å²) >= 11 is 17.7. The van der Waals surface area contributed by atoms with E-state index in [1.165, 1.54) is 24.8 Å². The van der Waals surface area contributed by atoms with Crippen LogP contribution in [0.4, 0.5) is 16.4 Å². The van der Waals surface area contributed by atoms with Gasteiger partial charge in [-0.3, -0.25) is 9.36 Å². The predicted octanol–water partition coefficient (Wildman–Crippen LogP) is 5.91. The Kier molecular flexibility index (Phi) is 9.03. The van der Waals surface area contributed by atoms with Gasteiger partial charge in [0.25, 0.3) is 15.9 Å². The zero-order chi connectivity index (χ0) is 31.9. The van der Waals surface area contributed by atoms with Gasteiger partial charge in [0.2, 0.25) is 5.95 Å². The zero-order valence-electron chi connectivity index (χ0n) is 24.1. The van der Waals surface area contributed by atoms with E-state index in [2.05, 4.69) is 26.2 Å². The first kappa shape index (κ1) is 32.0. The average Bonchev–Trinajstić information content (AvgIpc) is 3.73. The van der Waals surface area contributed by atoms with Gasteiger partial charge in [-0.1, -0.05) is 57.3 Å². The molecule has 0 radical (unpaired) electrons. The Balaban J connectivity index is 1.27. The highest BCUT2D eigenvalue weighted by Gasteiger charge is 2.52. The van der Waals surface area contributed by atoms with Gasteiger partial charge in [0, 0.05) is 58.5 Å². The van der Waals surface area contributed by atoms with E-state index < -0.39 is 15.6 Å². The molecule has 0 aliphatic carbocycles. The summed E-state index contributed by atoms with van der Waals surface area (Å²) in [5.74, 6) is -0.215. The molecular formula is C30H29BrCl2N6O4S2. The van der Waals surface area contributed by atoms with E-state index in [0.717, 1.165) is 16.5 Å². The fourth-order valence-electron chi connectivity index (χ4n) is 5.74. The van der Waals surface area contributed by atoms with Crippen molar-refractivity contribution in [1.82, 2.24) is 24.1 Å². The van der Waals surface area contributed by atoms with Gasteiger partial charge in [0.05, 0.1) is 11.9 Å². The minimum atomic E-state index is -4.12. The van der Waals surface area contributed by atoms with Crippen molar-refractivity contribution in [3.8, 4) is 0 Å². The lowest BCUT2D eigenvalue weighted by molar-refractivity contribution is -0.124. The van der Waals surface area contributed by atoms with Gasteiger partial charge in [0.15, 0.2) is 5.03 Å². The van der Waals surface area contributed by atoms with Crippen LogP contribution in [0.15, 0.2) is 75.7 Å². The molecule has 0 unspecified atom stereocenters. The molecule has 0 bridgehead atoms. The number of piperazine rings is 1. The fraction of sp³-hybridized carbons (Fsp3) is 0.300. The van der Waals surface area contributed by atoms with Crippen molar-refractivity contribution in [3.05, 3.63) is 91.1 Å². The molecule has 2 aromatic heterocycles. The van der Waals surface area contributed by atoms with Crippen molar-refractivity contribution in [3.63, 3.8) is 0 Å². The van der Waals surface area contributed by atoms with E-state index in [0.29, 0.717) is 22.3 Å². The first-order chi connectivity index (χ1) is 21.5. The highest BCUT2D eigenvalue weighted by molar-refractivity contribution is 9.10. The average molecular weight is 753 g/mol. The quantitative estimate of drug-likeness (QED) is 0.241. The summed E-state index contributed by atoms with van der Waals surface area (Å²) in [5, 5.41) is 5.47. The number of anilines is 2. The van der Waals surface area contributed by atoms with Crippen LogP contribution in [0.3, 0.4) is 0 Å². The Bertz CT molecular complexity index is 1820. The van der Waals surface area contributed by atoms with Crippen molar-refractivity contribution in [2.24, 2.45) is 0 Å². The van der Waals surface area contributed by atoms with Gasteiger partial charge in [-0.2, -0.15) is 4.31 Å². The summed E-state index contributed by atoms with van der Waals surface area (Å²) in [4.78, 5) is 35.7. The third-order valence-electron chi connectivity index (χ3n) is 7.99. The van der Waals surface area contributed by atoms with Crippen LogP contribution in [0.25, 0.3) is 0 Å². The van der Waals surface area contributed by atoms with Crippen molar-refractivity contribution < 1.29 is 18.0 Å². The molecule has 45 heavy (non-hydrogen) atoms. The van der Waals surface area contributed by atoms with E-state index >= 15 is 0 Å². The molecule has 4 aromatic rings. The molecule has 4 heterocycles. The van der Waals surface area contributed by atoms with Crippen LogP contribution in [0.1, 0.15) is 17.4 Å². The van der Waals surface area contributed by atoms with Crippen molar-refractivity contribution in [2.75, 3.05) is 37.6 Å². The topological polar surface area (TPSA) is 108 Å². The number of urea groups is 1.